The third-order valence-corrected chi connectivity index (χ3v) is 2.60. The number of nitrogens with zero attached hydrogens (tertiary/aromatic N) is 2. The van der Waals surface area contributed by atoms with Crippen LogP contribution in [-0.4, -0.2) is 61.0 Å². The molecule has 2 N–H and O–H groups in total. The minimum Gasteiger partial charge on any atom is -0.389 e. The summed E-state index contributed by atoms with van der Waals surface area (Å²) in [5.74, 6) is 0. The Kier molecular flexibility index (Phi) is 7.59. The zero-order valence-corrected chi connectivity index (χ0v) is 11.1. The normalized spacial score (nSPS) is 12.8. The van der Waals surface area contributed by atoms with Crippen molar-refractivity contribution in [3.8, 4) is 0 Å². The number of aliphatic hydroxyl groups excluding tert-OH is 1. The highest BCUT2D eigenvalue weighted by atomic mass is 16.5. The Morgan fingerprint density at radius 2 is 2.33 bits per heavy atom. The second kappa shape index (κ2) is 9.04. The van der Waals surface area contributed by atoms with Crippen LogP contribution in [0, 0.1) is 0 Å². The fourth-order valence-electron chi connectivity index (χ4n) is 1.55. The Morgan fingerprint density at radius 1 is 1.50 bits per heavy atom. The van der Waals surface area contributed by atoms with Gasteiger partial charge >= 0.3 is 0 Å². The van der Waals surface area contributed by atoms with Gasteiger partial charge in [0.05, 0.1) is 25.9 Å². The predicted molar refractivity (Wildman–Crippen MR) is 68.5 cm³/mol. The fourth-order valence-corrected chi connectivity index (χ4v) is 1.55. The van der Waals surface area contributed by atoms with Gasteiger partial charge in [-0.2, -0.15) is 5.10 Å². The summed E-state index contributed by atoms with van der Waals surface area (Å²) in [5, 5.41) is 16.9. The Morgan fingerprint density at radius 3 is 3.00 bits per heavy atom. The lowest BCUT2D eigenvalue weighted by molar-refractivity contribution is 0.0139. The van der Waals surface area contributed by atoms with E-state index in [2.05, 4.69) is 10.4 Å². The van der Waals surface area contributed by atoms with E-state index in [1.54, 1.807) is 13.3 Å². The summed E-state index contributed by atoms with van der Waals surface area (Å²) >= 11 is 0. The minimum absolute atomic E-state index is 0.335. The van der Waals surface area contributed by atoms with Crippen LogP contribution >= 0.6 is 0 Å². The van der Waals surface area contributed by atoms with Gasteiger partial charge in [-0.1, -0.05) is 0 Å². The number of aryl methyl sites for hydroxylation is 1. The molecule has 1 atom stereocenters. The topological polar surface area (TPSA) is 68.5 Å². The molecule has 0 aromatic carbocycles. The average molecular weight is 257 g/mol. The summed E-state index contributed by atoms with van der Waals surface area (Å²) in [6, 6.07) is 1.99. The number of rotatable bonds is 10. The summed E-state index contributed by atoms with van der Waals surface area (Å²) in [6.07, 6.45) is 2.20. The molecule has 0 radical (unpaired) electrons. The molecule has 0 aliphatic rings. The van der Waals surface area contributed by atoms with Gasteiger partial charge in [0.25, 0.3) is 0 Å². The molecule has 1 unspecified atom stereocenters. The van der Waals surface area contributed by atoms with Crippen molar-refractivity contribution in [2.45, 2.75) is 12.5 Å². The van der Waals surface area contributed by atoms with Gasteiger partial charge in [0.2, 0.25) is 0 Å². The Balaban J connectivity index is 1.98. The molecule has 6 nitrogen and oxygen atoms in total. The summed E-state index contributed by atoms with van der Waals surface area (Å²) in [5.41, 5.74) is 1.17. The molecule has 0 bridgehead atoms. The summed E-state index contributed by atoms with van der Waals surface area (Å²) in [7, 11) is 3.55. The van der Waals surface area contributed by atoms with Crippen molar-refractivity contribution in [1.29, 1.82) is 0 Å². The molecule has 1 heterocycles. The largest absolute Gasteiger partial charge is 0.389 e. The van der Waals surface area contributed by atoms with Crippen molar-refractivity contribution < 1.29 is 14.6 Å². The van der Waals surface area contributed by atoms with Crippen molar-refractivity contribution in [1.82, 2.24) is 15.1 Å². The van der Waals surface area contributed by atoms with E-state index < -0.39 is 6.10 Å². The predicted octanol–water partition coefficient (Wildman–Crippen LogP) is -0.424. The third-order valence-electron chi connectivity index (χ3n) is 2.60. The Labute approximate surface area is 108 Å². The van der Waals surface area contributed by atoms with Crippen LogP contribution in [0.4, 0.5) is 0 Å². The molecule has 6 heteroatoms. The number of hydrogen-bond acceptors (Lipinski definition) is 5. The summed E-state index contributed by atoms with van der Waals surface area (Å²) in [4.78, 5) is 0. The minimum atomic E-state index is -0.478. The van der Waals surface area contributed by atoms with E-state index in [0.717, 1.165) is 13.0 Å². The summed E-state index contributed by atoms with van der Waals surface area (Å²) in [6.45, 7) is 2.75. The van der Waals surface area contributed by atoms with Gasteiger partial charge in [0, 0.05) is 45.6 Å². The highest BCUT2D eigenvalue weighted by Crippen LogP contribution is 1.96. The smallest absolute Gasteiger partial charge is 0.0897 e. The van der Waals surface area contributed by atoms with E-state index in [-0.39, 0.29) is 0 Å². The highest BCUT2D eigenvalue weighted by Gasteiger charge is 2.04. The van der Waals surface area contributed by atoms with Crippen LogP contribution in [0.1, 0.15) is 5.69 Å². The van der Waals surface area contributed by atoms with Gasteiger partial charge in [-0.3, -0.25) is 4.68 Å². The van der Waals surface area contributed by atoms with Gasteiger partial charge in [0.15, 0.2) is 0 Å². The number of hydrogen-bond donors (Lipinski definition) is 2. The second-order valence-corrected chi connectivity index (χ2v) is 4.12. The SMILES string of the molecule is COCCOCC(O)CNCCc1ccnn1C. The standard InChI is InChI=1S/C12H23N3O3/c1-15-11(4-6-14-15)3-5-13-9-12(16)10-18-8-7-17-2/h4,6,12-13,16H,3,5,7-10H2,1-2H3. The molecule has 1 rings (SSSR count). The first-order chi connectivity index (χ1) is 8.74. The van der Waals surface area contributed by atoms with E-state index in [1.807, 2.05) is 17.8 Å². The van der Waals surface area contributed by atoms with Crippen molar-refractivity contribution in [3.63, 3.8) is 0 Å². The second-order valence-electron chi connectivity index (χ2n) is 4.12. The van der Waals surface area contributed by atoms with Gasteiger partial charge in [0.1, 0.15) is 0 Å². The molecule has 1 aromatic heterocycles. The highest BCUT2D eigenvalue weighted by molar-refractivity contribution is 5.00. The first-order valence-corrected chi connectivity index (χ1v) is 6.16. The zero-order chi connectivity index (χ0) is 13.2. The monoisotopic (exact) mass is 257 g/mol. The first-order valence-electron chi connectivity index (χ1n) is 6.16. The van der Waals surface area contributed by atoms with Crippen LogP contribution in [0.3, 0.4) is 0 Å². The zero-order valence-electron chi connectivity index (χ0n) is 11.1. The molecule has 0 fully saturated rings. The van der Waals surface area contributed by atoms with Gasteiger partial charge < -0.3 is 19.9 Å². The third kappa shape index (κ3) is 6.11. The number of methoxy groups -OCH3 is 1. The molecule has 0 aliphatic heterocycles. The van der Waals surface area contributed by atoms with Gasteiger partial charge in [-0.15, -0.1) is 0 Å². The number of aromatic nitrogens is 2. The molecule has 1 aromatic rings. The van der Waals surface area contributed by atoms with Crippen LogP contribution in [0.15, 0.2) is 12.3 Å². The van der Waals surface area contributed by atoms with Gasteiger partial charge in [-0.25, -0.2) is 0 Å². The van der Waals surface area contributed by atoms with E-state index in [4.69, 9.17) is 9.47 Å². The quantitative estimate of drug-likeness (QED) is 0.557. The lowest BCUT2D eigenvalue weighted by Crippen LogP contribution is -2.32. The lowest BCUT2D eigenvalue weighted by atomic mass is 10.3. The Hall–Kier alpha value is -0.950. The van der Waals surface area contributed by atoms with Crippen LogP contribution in [0.5, 0.6) is 0 Å². The van der Waals surface area contributed by atoms with Crippen LogP contribution in [0.2, 0.25) is 0 Å². The maximum atomic E-state index is 9.61. The van der Waals surface area contributed by atoms with E-state index in [0.29, 0.717) is 26.4 Å². The number of nitrogens with one attached hydrogen (secondary N) is 1. The lowest BCUT2D eigenvalue weighted by Gasteiger charge is -2.12. The molecular formula is C12H23N3O3. The molecular weight excluding hydrogens is 234 g/mol. The number of ether oxygens (including phenoxy) is 2. The molecule has 18 heavy (non-hydrogen) atoms. The number of aliphatic hydroxyl groups is 1. The van der Waals surface area contributed by atoms with Crippen LogP contribution < -0.4 is 5.32 Å². The summed E-state index contributed by atoms with van der Waals surface area (Å²) < 4.78 is 11.9. The van der Waals surface area contributed by atoms with E-state index in [1.165, 1.54) is 5.69 Å². The fraction of sp³-hybridized carbons (Fsp3) is 0.750. The molecule has 0 aliphatic carbocycles. The molecule has 0 amide bonds. The van der Waals surface area contributed by atoms with E-state index >= 15 is 0 Å². The Bertz CT molecular complexity index is 317. The maximum absolute atomic E-state index is 9.61. The van der Waals surface area contributed by atoms with Gasteiger partial charge in [-0.05, 0) is 6.07 Å². The van der Waals surface area contributed by atoms with E-state index in [9.17, 15) is 5.11 Å². The van der Waals surface area contributed by atoms with Crippen LogP contribution in [-0.2, 0) is 22.9 Å². The molecule has 104 valence electrons. The average Bonchev–Trinajstić information content (AvgIpc) is 2.76. The van der Waals surface area contributed by atoms with Crippen LogP contribution in [0.25, 0.3) is 0 Å². The maximum Gasteiger partial charge on any atom is 0.0897 e. The molecule has 0 saturated heterocycles. The van der Waals surface area contributed by atoms with Crippen molar-refractivity contribution in [2.75, 3.05) is 40.0 Å². The first kappa shape index (κ1) is 15.1. The van der Waals surface area contributed by atoms with Crippen molar-refractivity contribution in [2.24, 2.45) is 7.05 Å². The van der Waals surface area contributed by atoms with Crippen molar-refractivity contribution in [3.05, 3.63) is 18.0 Å². The van der Waals surface area contributed by atoms with Crippen molar-refractivity contribution >= 4 is 0 Å². The molecule has 0 spiro atoms. The molecule has 0 saturated carbocycles.